The Hall–Kier alpha value is -2.21. The van der Waals surface area contributed by atoms with E-state index in [4.69, 9.17) is 15.2 Å². The van der Waals surface area contributed by atoms with Crippen molar-refractivity contribution in [2.45, 2.75) is 6.42 Å². The van der Waals surface area contributed by atoms with Gasteiger partial charge in [-0.3, -0.25) is 0 Å². The van der Waals surface area contributed by atoms with Crippen LogP contribution in [0.2, 0.25) is 0 Å². The van der Waals surface area contributed by atoms with E-state index in [2.05, 4.69) is 9.97 Å². The number of anilines is 1. The average Bonchev–Trinajstić information content (AvgIpc) is 2.96. The number of nitrogens with zero attached hydrogens (tertiary/aromatic N) is 1. The molecule has 4 rings (SSSR count). The molecule has 0 saturated carbocycles. The van der Waals surface area contributed by atoms with Gasteiger partial charge < -0.3 is 20.2 Å². The third kappa shape index (κ3) is 1.80. The van der Waals surface area contributed by atoms with Crippen molar-refractivity contribution < 1.29 is 9.47 Å². The number of fused-ring (bicyclic) bond motifs is 2. The van der Waals surface area contributed by atoms with Crippen molar-refractivity contribution in [3.8, 4) is 22.2 Å². The van der Waals surface area contributed by atoms with Crippen molar-refractivity contribution in [1.82, 2.24) is 9.97 Å². The van der Waals surface area contributed by atoms with Gasteiger partial charge in [-0.15, -0.1) is 11.3 Å². The lowest BCUT2D eigenvalue weighted by atomic mass is 10.3. The van der Waals surface area contributed by atoms with Crippen LogP contribution in [0, 0.1) is 0 Å². The second-order valence-corrected chi connectivity index (χ2v) is 5.57. The maximum atomic E-state index is 5.94. The van der Waals surface area contributed by atoms with Crippen LogP contribution < -0.4 is 15.2 Å². The van der Waals surface area contributed by atoms with Crippen molar-refractivity contribution in [3.05, 3.63) is 23.6 Å². The van der Waals surface area contributed by atoms with Crippen molar-refractivity contribution >= 4 is 28.1 Å². The van der Waals surface area contributed by atoms with Crippen LogP contribution in [0.1, 0.15) is 6.42 Å². The number of thiophene rings is 1. The van der Waals surface area contributed by atoms with Crippen LogP contribution in [0.3, 0.4) is 0 Å². The number of hydrogen-bond donors (Lipinski definition) is 2. The molecule has 0 fully saturated rings. The minimum atomic E-state index is 0.674. The summed E-state index contributed by atoms with van der Waals surface area (Å²) in [6, 6.07) is 5.74. The lowest BCUT2D eigenvalue weighted by Crippen LogP contribution is -1.97. The maximum Gasteiger partial charge on any atom is 0.163 e. The second-order valence-electron chi connectivity index (χ2n) is 4.66. The zero-order valence-corrected chi connectivity index (χ0v) is 11.5. The Bertz CT molecular complexity index is 735. The summed E-state index contributed by atoms with van der Waals surface area (Å²) >= 11 is 1.57. The molecule has 5 nitrogen and oxygen atoms in total. The molecule has 1 aromatic carbocycles. The van der Waals surface area contributed by atoms with Crippen LogP contribution in [0.15, 0.2) is 23.6 Å². The average molecular weight is 287 g/mol. The molecule has 0 spiro atoms. The first kappa shape index (κ1) is 11.6. The molecule has 20 heavy (non-hydrogen) atoms. The highest BCUT2D eigenvalue weighted by atomic mass is 32.1. The molecule has 0 atom stereocenters. The van der Waals surface area contributed by atoms with Crippen molar-refractivity contribution in [2.24, 2.45) is 0 Å². The molecular formula is C14H13N3O2S. The standard InChI is InChI=1S/C14H13N3O2S/c15-8-2-5-20-13(8)14-16-9-6-11-12(7-10(9)17-14)19-4-1-3-18-11/h2,5-7H,1,3-4,15H2,(H,16,17). The van der Waals surface area contributed by atoms with Gasteiger partial charge in [0.1, 0.15) is 0 Å². The highest BCUT2D eigenvalue weighted by Gasteiger charge is 2.15. The normalized spacial score (nSPS) is 14.4. The molecule has 3 N–H and O–H groups in total. The molecular weight excluding hydrogens is 274 g/mol. The molecule has 0 unspecified atom stereocenters. The Morgan fingerprint density at radius 1 is 1.20 bits per heavy atom. The molecule has 0 radical (unpaired) electrons. The Morgan fingerprint density at radius 3 is 2.75 bits per heavy atom. The van der Waals surface area contributed by atoms with E-state index in [1.54, 1.807) is 11.3 Å². The van der Waals surface area contributed by atoms with Gasteiger partial charge in [0.15, 0.2) is 17.3 Å². The van der Waals surface area contributed by atoms with Gasteiger partial charge in [0.25, 0.3) is 0 Å². The highest BCUT2D eigenvalue weighted by Crippen LogP contribution is 2.36. The molecule has 0 aliphatic carbocycles. The van der Waals surface area contributed by atoms with Crippen LogP contribution >= 0.6 is 11.3 Å². The fourth-order valence-electron chi connectivity index (χ4n) is 2.29. The number of aromatic nitrogens is 2. The van der Waals surface area contributed by atoms with E-state index in [9.17, 15) is 0 Å². The van der Waals surface area contributed by atoms with Crippen LogP contribution in [-0.4, -0.2) is 23.2 Å². The van der Waals surface area contributed by atoms with Crippen molar-refractivity contribution in [3.63, 3.8) is 0 Å². The molecule has 2 aromatic heterocycles. The third-order valence-corrected chi connectivity index (χ3v) is 4.20. The van der Waals surface area contributed by atoms with Gasteiger partial charge >= 0.3 is 0 Å². The fraction of sp³-hybridized carbons (Fsp3) is 0.214. The largest absolute Gasteiger partial charge is 0.489 e. The number of nitrogens with one attached hydrogen (secondary N) is 1. The number of benzene rings is 1. The Balaban J connectivity index is 1.86. The predicted molar refractivity (Wildman–Crippen MR) is 79.4 cm³/mol. The summed E-state index contributed by atoms with van der Waals surface area (Å²) < 4.78 is 11.4. The van der Waals surface area contributed by atoms with E-state index < -0.39 is 0 Å². The van der Waals surface area contributed by atoms with Gasteiger partial charge in [0, 0.05) is 18.6 Å². The second kappa shape index (κ2) is 4.42. The lowest BCUT2D eigenvalue weighted by Gasteiger charge is -2.05. The maximum absolute atomic E-state index is 5.94. The molecule has 6 heteroatoms. The summed E-state index contributed by atoms with van der Waals surface area (Å²) in [5.41, 5.74) is 8.46. The first-order valence-corrected chi connectivity index (χ1v) is 7.32. The van der Waals surface area contributed by atoms with Gasteiger partial charge in [-0.25, -0.2) is 4.98 Å². The third-order valence-electron chi connectivity index (χ3n) is 3.26. The van der Waals surface area contributed by atoms with Crippen molar-refractivity contribution in [2.75, 3.05) is 18.9 Å². The number of aromatic amines is 1. The van der Waals surface area contributed by atoms with Crippen LogP contribution in [-0.2, 0) is 0 Å². The zero-order chi connectivity index (χ0) is 13.5. The van der Waals surface area contributed by atoms with E-state index in [1.807, 2.05) is 23.6 Å². The fourth-order valence-corrected chi connectivity index (χ4v) is 3.05. The number of nitrogens with two attached hydrogens (primary N) is 1. The molecule has 0 saturated heterocycles. The van der Waals surface area contributed by atoms with Crippen LogP contribution in [0.25, 0.3) is 21.7 Å². The summed E-state index contributed by atoms with van der Waals surface area (Å²) in [7, 11) is 0. The lowest BCUT2D eigenvalue weighted by molar-refractivity contribution is 0.297. The smallest absolute Gasteiger partial charge is 0.163 e. The number of hydrogen-bond acceptors (Lipinski definition) is 5. The SMILES string of the molecule is Nc1ccsc1-c1nc2cc3c(cc2[nH]1)OCCCO3. The summed E-state index contributed by atoms with van der Waals surface area (Å²) in [6.45, 7) is 1.35. The molecule has 0 amide bonds. The Labute approximate surface area is 119 Å². The van der Waals surface area contributed by atoms with E-state index >= 15 is 0 Å². The number of nitrogen functional groups attached to an aromatic ring is 1. The summed E-state index contributed by atoms with van der Waals surface area (Å²) in [6.07, 6.45) is 0.896. The van der Waals surface area contributed by atoms with E-state index in [0.29, 0.717) is 13.2 Å². The molecule has 3 heterocycles. The predicted octanol–water partition coefficient (Wildman–Crippen LogP) is 3.03. The Morgan fingerprint density at radius 2 is 2.00 bits per heavy atom. The van der Waals surface area contributed by atoms with Gasteiger partial charge in [-0.1, -0.05) is 0 Å². The molecule has 3 aromatic rings. The topological polar surface area (TPSA) is 73.2 Å². The quantitative estimate of drug-likeness (QED) is 0.721. The monoisotopic (exact) mass is 287 g/mol. The number of ether oxygens (including phenoxy) is 2. The van der Waals surface area contributed by atoms with E-state index in [1.165, 1.54) is 0 Å². The number of H-pyrrole nitrogens is 1. The van der Waals surface area contributed by atoms with Crippen molar-refractivity contribution in [1.29, 1.82) is 0 Å². The number of imidazole rings is 1. The molecule has 0 bridgehead atoms. The summed E-state index contributed by atoms with van der Waals surface area (Å²) in [4.78, 5) is 8.84. The van der Waals surface area contributed by atoms with Gasteiger partial charge in [-0.05, 0) is 11.4 Å². The molecule has 1 aliphatic rings. The first-order valence-electron chi connectivity index (χ1n) is 6.44. The van der Waals surface area contributed by atoms with Gasteiger partial charge in [0.2, 0.25) is 0 Å². The summed E-state index contributed by atoms with van der Waals surface area (Å²) in [5.74, 6) is 2.31. The minimum Gasteiger partial charge on any atom is -0.489 e. The molecule has 1 aliphatic heterocycles. The summed E-state index contributed by atoms with van der Waals surface area (Å²) in [5, 5.41) is 1.96. The number of rotatable bonds is 1. The van der Waals surface area contributed by atoms with Gasteiger partial charge in [0.05, 0.1) is 34.8 Å². The Kier molecular flexibility index (Phi) is 2.56. The van der Waals surface area contributed by atoms with Gasteiger partial charge in [-0.2, -0.15) is 0 Å². The zero-order valence-electron chi connectivity index (χ0n) is 10.7. The minimum absolute atomic E-state index is 0.674. The first-order chi connectivity index (χ1) is 9.81. The highest BCUT2D eigenvalue weighted by molar-refractivity contribution is 7.14. The molecule has 102 valence electrons. The van der Waals surface area contributed by atoms with E-state index in [-0.39, 0.29) is 0 Å². The van der Waals surface area contributed by atoms with Crippen LogP contribution in [0.4, 0.5) is 5.69 Å². The van der Waals surface area contributed by atoms with E-state index in [0.717, 1.165) is 45.3 Å². The van der Waals surface area contributed by atoms with Crippen LogP contribution in [0.5, 0.6) is 11.5 Å².